The third-order valence-electron chi connectivity index (χ3n) is 3.34. The Balaban J connectivity index is 1.78. The molecule has 0 radical (unpaired) electrons. The first kappa shape index (κ1) is 13.5. The van der Waals surface area contributed by atoms with Crippen LogP contribution >= 0.6 is 0 Å². The molecule has 2 heterocycles. The molecule has 2 aromatic heterocycles. The molecule has 1 unspecified atom stereocenters. The Kier molecular flexibility index (Phi) is 4.02. The molecule has 0 bridgehead atoms. The van der Waals surface area contributed by atoms with Crippen molar-refractivity contribution in [3.05, 3.63) is 66.3 Å². The van der Waals surface area contributed by atoms with Crippen molar-refractivity contribution in [1.82, 2.24) is 20.4 Å². The van der Waals surface area contributed by atoms with Gasteiger partial charge in [-0.1, -0.05) is 35.5 Å². The van der Waals surface area contributed by atoms with Crippen molar-refractivity contribution in [3.8, 4) is 11.4 Å². The topological polar surface area (TPSA) is 63.8 Å². The van der Waals surface area contributed by atoms with Gasteiger partial charge in [0, 0.05) is 30.4 Å². The molecule has 21 heavy (non-hydrogen) atoms. The molecule has 0 fully saturated rings. The smallest absolute Gasteiger partial charge is 0.228 e. The Bertz CT molecular complexity index is 682. The zero-order chi connectivity index (χ0) is 14.5. The van der Waals surface area contributed by atoms with Crippen molar-refractivity contribution >= 4 is 0 Å². The van der Waals surface area contributed by atoms with Crippen LogP contribution in [0.4, 0.5) is 0 Å². The molecule has 0 saturated carbocycles. The zero-order valence-corrected chi connectivity index (χ0v) is 11.7. The Morgan fingerprint density at radius 2 is 1.86 bits per heavy atom. The van der Waals surface area contributed by atoms with E-state index in [1.807, 2.05) is 37.4 Å². The molecule has 0 spiro atoms. The van der Waals surface area contributed by atoms with E-state index in [-0.39, 0.29) is 6.04 Å². The number of hydrogen-bond acceptors (Lipinski definition) is 5. The summed E-state index contributed by atoms with van der Waals surface area (Å²) in [4.78, 5) is 8.43. The number of pyridine rings is 1. The van der Waals surface area contributed by atoms with E-state index in [1.54, 1.807) is 12.4 Å². The number of benzene rings is 1. The van der Waals surface area contributed by atoms with E-state index < -0.39 is 0 Å². The van der Waals surface area contributed by atoms with Gasteiger partial charge < -0.3 is 9.84 Å². The van der Waals surface area contributed by atoms with Crippen LogP contribution in [0.3, 0.4) is 0 Å². The van der Waals surface area contributed by atoms with Crippen LogP contribution in [0, 0.1) is 0 Å². The van der Waals surface area contributed by atoms with Crippen LogP contribution in [-0.4, -0.2) is 22.2 Å². The average molecular weight is 280 g/mol. The lowest BCUT2D eigenvalue weighted by Crippen LogP contribution is -2.18. The second kappa shape index (κ2) is 6.28. The molecule has 1 atom stereocenters. The Morgan fingerprint density at radius 3 is 2.57 bits per heavy atom. The summed E-state index contributed by atoms with van der Waals surface area (Å²) in [5.41, 5.74) is 2.10. The predicted molar refractivity (Wildman–Crippen MR) is 79.5 cm³/mol. The number of nitrogens with zero attached hydrogens (tertiary/aromatic N) is 3. The average Bonchev–Trinajstić information content (AvgIpc) is 3.03. The van der Waals surface area contributed by atoms with Gasteiger partial charge in [0.25, 0.3) is 0 Å². The first-order valence-corrected chi connectivity index (χ1v) is 6.82. The number of nitrogens with one attached hydrogen (secondary N) is 1. The van der Waals surface area contributed by atoms with E-state index in [4.69, 9.17) is 4.52 Å². The summed E-state index contributed by atoms with van der Waals surface area (Å²) < 4.78 is 5.35. The van der Waals surface area contributed by atoms with Crippen molar-refractivity contribution < 1.29 is 4.52 Å². The molecule has 1 aromatic carbocycles. The van der Waals surface area contributed by atoms with Crippen LogP contribution < -0.4 is 5.32 Å². The summed E-state index contributed by atoms with van der Waals surface area (Å²) in [5.74, 6) is 1.21. The third kappa shape index (κ3) is 3.14. The quantitative estimate of drug-likeness (QED) is 0.778. The van der Waals surface area contributed by atoms with Crippen LogP contribution in [0.15, 0.2) is 59.4 Å². The van der Waals surface area contributed by atoms with Gasteiger partial charge in [0.05, 0.1) is 0 Å². The molecule has 3 rings (SSSR count). The summed E-state index contributed by atoms with van der Waals surface area (Å²) in [5, 5.41) is 7.30. The van der Waals surface area contributed by atoms with Gasteiger partial charge in [0.15, 0.2) is 0 Å². The van der Waals surface area contributed by atoms with Crippen LogP contribution in [-0.2, 0) is 6.42 Å². The fourth-order valence-corrected chi connectivity index (χ4v) is 2.20. The summed E-state index contributed by atoms with van der Waals surface area (Å²) in [6.45, 7) is 0. The highest BCUT2D eigenvalue weighted by molar-refractivity contribution is 5.52. The lowest BCUT2D eigenvalue weighted by molar-refractivity contribution is 0.363. The minimum Gasteiger partial charge on any atom is -0.339 e. The SMILES string of the molecule is CNC(Cc1nc(-c2ccncc2)no1)c1ccccc1. The fraction of sp³-hybridized carbons (Fsp3) is 0.188. The summed E-state index contributed by atoms with van der Waals surface area (Å²) in [7, 11) is 1.93. The van der Waals surface area contributed by atoms with Crippen molar-refractivity contribution in [3.63, 3.8) is 0 Å². The number of hydrogen-bond donors (Lipinski definition) is 1. The Morgan fingerprint density at radius 1 is 1.10 bits per heavy atom. The van der Waals surface area contributed by atoms with Crippen molar-refractivity contribution in [2.45, 2.75) is 12.5 Å². The van der Waals surface area contributed by atoms with Crippen molar-refractivity contribution in [2.75, 3.05) is 7.05 Å². The van der Waals surface area contributed by atoms with E-state index >= 15 is 0 Å². The monoisotopic (exact) mass is 280 g/mol. The summed E-state index contributed by atoms with van der Waals surface area (Å²) in [6, 6.07) is 14.1. The van der Waals surface area contributed by atoms with Gasteiger partial charge in [-0.05, 0) is 24.7 Å². The highest BCUT2D eigenvalue weighted by atomic mass is 16.5. The summed E-state index contributed by atoms with van der Waals surface area (Å²) in [6.07, 6.45) is 4.08. The van der Waals surface area contributed by atoms with Gasteiger partial charge in [-0.2, -0.15) is 4.98 Å². The molecule has 0 amide bonds. The molecular formula is C16H16N4O. The molecule has 3 aromatic rings. The highest BCUT2D eigenvalue weighted by Gasteiger charge is 2.15. The number of rotatable bonds is 5. The maximum atomic E-state index is 5.35. The Labute approximate surface area is 123 Å². The summed E-state index contributed by atoms with van der Waals surface area (Å²) >= 11 is 0. The molecule has 0 aliphatic rings. The van der Waals surface area contributed by atoms with E-state index in [2.05, 4.69) is 32.6 Å². The second-order valence-corrected chi connectivity index (χ2v) is 4.70. The highest BCUT2D eigenvalue weighted by Crippen LogP contribution is 2.19. The molecule has 1 N–H and O–H groups in total. The van der Waals surface area contributed by atoms with Crippen molar-refractivity contribution in [1.29, 1.82) is 0 Å². The lowest BCUT2D eigenvalue weighted by atomic mass is 10.0. The van der Waals surface area contributed by atoms with Crippen LogP contribution in [0.25, 0.3) is 11.4 Å². The number of likely N-dealkylation sites (N-methyl/N-ethyl adjacent to an activating group) is 1. The third-order valence-corrected chi connectivity index (χ3v) is 3.34. The molecule has 0 aliphatic heterocycles. The minimum atomic E-state index is 0.150. The van der Waals surface area contributed by atoms with Gasteiger partial charge in [0.2, 0.25) is 11.7 Å². The lowest BCUT2D eigenvalue weighted by Gasteiger charge is -2.13. The van der Waals surface area contributed by atoms with Gasteiger partial charge in [0.1, 0.15) is 0 Å². The zero-order valence-electron chi connectivity index (χ0n) is 11.7. The van der Waals surface area contributed by atoms with Crippen molar-refractivity contribution in [2.24, 2.45) is 0 Å². The molecule has 5 heteroatoms. The van der Waals surface area contributed by atoms with Gasteiger partial charge >= 0.3 is 0 Å². The van der Waals surface area contributed by atoms with Gasteiger partial charge in [-0.3, -0.25) is 4.98 Å². The minimum absolute atomic E-state index is 0.150. The number of aromatic nitrogens is 3. The molecule has 106 valence electrons. The Hall–Kier alpha value is -2.53. The normalized spacial score (nSPS) is 12.2. The maximum Gasteiger partial charge on any atom is 0.228 e. The van der Waals surface area contributed by atoms with E-state index in [1.165, 1.54) is 5.56 Å². The van der Waals surface area contributed by atoms with Crippen LogP contribution in [0.1, 0.15) is 17.5 Å². The molecule has 0 saturated heterocycles. The van der Waals surface area contributed by atoms with E-state index in [0.29, 0.717) is 18.1 Å². The first-order valence-electron chi connectivity index (χ1n) is 6.82. The standard InChI is InChI=1S/C16H16N4O/c1-17-14(12-5-3-2-4-6-12)11-15-19-16(20-21-15)13-7-9-18-10-8-13/h2-10,14,17H,11H2,1H3. The molecular weight excluding hydrogens is 264 g/mol. The second-order valence-electron chi connectivity index (χ2n) is 4.70. The van der Waals surface area contributed by atoms with E-state index in [0.717, 1.165) is 5.56 Å². The predicted octanol–water partition coefficient (Wildman–Crippen LogP) is 2.63. The largest absolute Gasteiger partial charge is 0.339 e. The molecule has 0 aliphatic carbocycles. The first-order chi connectivity index (χ1) is 10.4. The maximum absolute atomic E-state index is 5.35. The van der Waals surface area contributed by atoms with Gasteiger partial charge in [-0.15, -0.1) is 0 Å². The van der Waals surface area contributed by atoms with E-state index in [9.17, 15) is 0 Å². The van der Waals surface area contributed by atoms with Gasteiger partial charge in [-0.25, -0.2) is 0 Å². The fourth-order valence-electron chi connectivity index (χ4n) is 2.20. The molecule has 5 nitrogen and oxygen atoms in total. The van der Waals surface area contributed by atoms with Crippen LogP contribution in [0.2, 0.25) is 0 Å². The van der Waals surface area contributed by atoms with Crippen LogP contribution in [0.5, 0.6) is 0 Å².